The fraction of sp³-hybridized carbons (Fsp3) is 0.214. The maximum Gasteiger partial charge on any atom is 0.311 e. The van der Waals surface area contributed by atoms with Gasteiger partial charge in [0.1, 0.15) is 5.75 Å². The second-order valence-electron chi connectivity index (χ2n) is 4.54. The number of anilines is 1. The Labute approximate surface area is 140 Å². The van der Waals surface area contributed by atoms with Crippen LogP contribution in [0.2, 0.25) is 0 Å². The lowest BCUT2D eigenvalue weighted by molar-refractivity contribution is -0.384. The molecule has 0 aliphatic rings. The Hall–Kier alpha value is -3.01. The standard InChI is InChI=1S/C14H14N4O5S/c1-2-23-13(20)5-10-8-24-14(16-10)17-15-7-9-3-11(18(21)22)6-12(19)4-9/h3-4,6-8,19H,2,5H2,1H3,(H,16,17). The number of aromatic nitrogens is 1. The van der Waals surface area contributed by atoms with Crippen molar-refractivity contribution in [2.75, 3.05) is 12.0 Å². The number of rotatable bonds is 7. The highest BCUT2D eigenvalue weighted by atomic mass is 32.1. The lowest BCUT2D eigenvalue weighted by Gasteiger charge is -1.98. The van der Waals surface area contributed by atoms with E-state index in [2.05, 4.69) is 15.5 Å². The number of benzene rings is 1. The molecular formula is C14H14N4O5S. The molecule has 1 heterocycles. The number of hydrogen-bond donors (Lipinski definition) is 2. The van der Waals surface area contributed by atoms with Crippen LogP contribution in [-0.4, -0.2) is 33.8 Å². The van der Waals surface area contributed by atoms with Gasteiger partial charge in [0.25, 0.3) is 5.69 Å². The fourth-order valence-electron chi connectivity index (χ4n) is 1.76. The Morgan fingerprint density at radius 1 is 1.54 bits per heavy atom. The van der Waals surface area contributed by atoms with Crippen LogP contribution in [0.25, 0.3) is 0 Å². The second-order valence-corrected chi connectivity index (χ2v) is 5.39. The lowest BCUT2D eigenvalue weighted by atomic mass is 10.2. The summed E-state index contributed by atoms with van der Waals surface area (Å²) in [6.45, 7) is 2.04. The van der Waals surface area contributed by atoms with Crippen LogP contribution in [0.15, 0.2) is 28.7 Å². The Morgan fingerprint density at radius 2 is 2.33 bits per heavy atom. The number of carbonyl (C=O) groups excluding carboxylic acids is 1. The van der Waals surface area contributed by atoms with Gasteiger partial charge in [0.15, 0.2) is 0 Å². The molecule has 9 nitrogen and oxygen atoms in total. The Kier molecular flexibility index (Phi) is 5.79. The van der Waals surface area contributed by atoms with E-state index in [9.17, 15) is 20.0 Å². The molecule has 0 fully saturated rings. The van der Waals surface area contributed by atoms with E-state index in [4.69, 9.17) is 4.74 Å². The third-order valence-electron chi connectivity index (χ3n) is 2.69. The normalized spacial score (nSPS) is 10.7. The number of phenolic OH excluding ortho intramolecular Hbond substituents is 1. The zero-order valence-corrected chi connectivity index (χ0v) is 13.4. The number of carbonyl (C=O) groups is 1. The number of ether oxygens (including phenoxy) is 1. The maximum absolute atomic E-state index is 11.4. The first kappa shape index (κ1) is 17.3. The molecule has 2 N–H and O–H groups in total. The number of non-ortho nitro benzene ring substituents is 1. The van der Waals surface area contributed by atoms with Crippen molar-refractivity contribution in [1.82, 2.24) is 4.98 Å². The van der Waals surface area contributed by atoms with Gasteiger partial charge in [0.2, 0.25) is 5.13 Å². The molecule has 0 atom stereocenters. The number of aromatic hydroxyl groups is 1. The Balaban J connectivity index is 1.98. The van der Waals surface area contributed by atoms with E-state index >= 15 is 0 Å². The minimum Gasteiger partial charge on any atom is -0.508 e. The molecule has 0 unspecified atom stereocenters. The molecule has 126 valence electrons. The lowest BCUT2D eigenvalue weighted by Crippen LogP contribution is -2.07. The van der Waals surface area contributed by atoms with Crippen LogP contribution >= 0.6 is 11.3 Å². The first-order chi connectivity index (χ1) is 11.5. The first-order valence-electron chi connectivity index (χ1n) is 6.85. The number of nitrogens with one attached hydrogen (secondary N) is 1. The van der Waals surface area contributed by atoms with E-state index in [-0.39, 0.29) is 23.8 Å². The van der Waals surface area contributed by atoms with Crippen LogP contribution in [-0.2, 0) is 16.0 Å². The molecule has 0 saturated heterocycles. The van der Waals surface area contributed by atoms with Crippen molar-refractivity contribution in [3.63, 3.8) is 0 Å². The van der Waals surface area contributed by atoms with Crippen molar-refractivity contribution in [2.24, 2.45) is 5.10 Å². The van der Waals surface area contributed by atoms with Crippen molar-refractivity contribution in [3.8, 4) is 5.75 Å². The van der Waals surface area contributed by atoms with Crippen molar-refractivity contribution in [2.45, 2.75) is 13.3 Å². The van der Waals surface area contributed by atoms with E-state index in [1.807, 2.05) is 0 Å². The van der Waals surface area contributed by atoms with E-state index in [1.165, 1.54) is 29.7 Å². The monoisotopic (exact) mass is 350 g/mol. The molecule has 0 spiro atoms. The van der Waals surface area contributed by atoms with E-state index in [0.29, 0.717) is 23.0 Å². The van der Waals surface area contributed by atoms with Gasteiger partial charge < -0.3 is 9.84 Å². The van der Waals surface area contributed by atoms with Gasteiger partial charge >= 0.3 is 5.97 Å². The summed E-state index contributed by atoms with van der Waals surface area (Å²) in [6.07, 6.45) is 1.40. The fourth-order valence-corrected chi connectivity index (χ4v) is 2.42. The molecule has 0 radical (unpaired) electrons. The third-order valence-corrected chi connectivity index (χ3v) is 3.49. The van der Waals surface area contributed by atoms with Crippen molar-refractivity contribution >= 4 is 34.3 Å². The summed E-state index contributed by atoms with van der Waals surface area (Å²) < 4.78 is 4.83. The number of thiazole rings is 1. The van der Waals surface area contributed by atoms with Crippen molar-refractivity contribution < 1.29 is 19.6 Å². The summed E-state index contributed by atoms with van der Waals surface area (Å²) in [5.41, 5.74) is 3.34. The van der Waals surface area contributed by atoms with Gasteiger partial charge in [0.05, 0.1) is 35.9 Å². The highest BCUT2D eigenvalue weighted by Gasteiger charge is 2.09. The molecular weight excluding hydrogens is 336 g/mol. The predicted octanol–water partition coefficient (Wildman–Crippen LogP) is 2.31. The van der Waals surface area contributed by atoms with Crippen LogP contribution in [0.3, 0.4) is 0 Å². The highest BCUT2D eigenvalue weighted by Crippen LogP contribution is 2.21. The molecule has 1 aromatic heterocycles. The van der Waals surface area contributed by atoms with E-state index in [1.54, 1.807) is 12.3 Å². The van der Waals surface area contributed by atoms with Gasteiger partial charge in [0, 0.05) is 17.0 Å². The second kappa shape index (κ2) is 8.02. The van der Waals surface area contributed by atoms with Gasteiger partial charge in [-0.2, -0.15) is 5.10 Å². The zero-order chi connectivity index (χ0) is 17.5. The molecule has 0 aliphatic heterocycles. The average Bonchev–Trinajstić information content (AvgIpc) is 2.94. The predicted molar refractivity (Wildman–Crippen MR) is 88.4 cm³/mol. The molecule has 0 aliphatic carbocycles. The smallest absolute Gasteiger partial charge is 0.311 e. The van der Waals surface area contributed by atoms with Gasteiger partial charge in [-0.25, -0.2) is 4.98 Å². The molecule has 2 aromatic rings. The number of phenols is 1. The first-order valence-corrected chi connectivity index (χ1v) is 7.73. The number of nitro groups is 1. The summed E-state index contributed by atoms with van der Waals surface area (Å²) in [5.74, 6) is -0.582. The molecule has 10 heteroatoms. The average molecular weight is 350 g/mol. The van der Waals surface area contributed by atoms with Gasteiger partial charge in [-0.15, -0.1) is 11.3 Å². The molecule has 0 bridgehead atoms. The van der Waals surface area contributed by atoms with Crippen LogP contribution in [0.4, 0.5) is 10.8 Å². The third kappa shape index (κ3) is 5.02. The molecule has 0 amide bonds. The van der Waals surface area contributed by atoms with Crippen LogP contribution in [0.1, 0.15) is 18.2 Å². The number of hydrogen-bond acceptors (Lipinski definition) is 9. The van der Waals surface area contributed by atoms with Crippen molar-refractivity contribution in [3.05, 3.63) is 45.0 Å². The molecule has 0 saturated carbocycles. The number of nitro benzene ring substituents is 1. The van der Waals surface area contributed by atoms with Crippen LogP contribution < -0.4 is 5.43 Å². The van der Waals surface area contributed by atoms with Gasteiger partial charge in [-0.05, 0) is 13.0 Å². The SMILES string of the molecule is CCOC(=O)Cc1csc(NN=Cc2cc(O)cc([N+](=O)[O-])c2)n1. The Morgan fingerprint density at radius 3 is 3.04 bits per heavy atom. The number of hydrazone groups is 1. The number of esters is 1. The van der Waals surface area contributed by atoms with Crippen LogP contribution in [0.5, 0.6) is 5.75 Å². The summed E-state index contributed by atoms with van der Waals surface area (Å²) in [6, 6.07) is 3.67. The quantitative estimate of drug-likeness (QED) is 0.339. The minimum atomic E-state index is -0.604. The summed E-state index contributed by atoms with van der Waals surface area (Å²) in [5, 5.41) is 26.2. The molecule has 24 heavy (non-hydrogen) atoms. The van der Waals surface area contributed by atoms with E-state index in [0.717, 1.165) is 6.07 Å². The van der Waals surface area contributed by atoms with Crippen LogP contribution in [0, 0.1) is 10.1 Å². The zero-order valence-electron chi connectivity index (χ0n) is 12.6. The van der Waals surface area contributed by atoms with Crippen molar-refractivity contribution in [1.29, 1.82) is 0 Å². The molecule has 2 rings (SSSR count). The highest BCUT2D eigenvalue weighted by molar-refractivity contribution is 7.13. The minimum absolute atomic E-state index is 0.0779. The summed E-state index contributed by atoms with van der Waals surface area (Å²) >= 11 is 1.25. The summed E-state index contributed by atoms with van der Waals surface area (Å²) in [4.78, 5) is 25.6. The Bertz CT molecular complexity index is 774. The topological polar surface area (TPSA) is 127 Å². The van der Waals surface area contributed by atoms with Gasteiger partial charge in [-0.1, -0.05) is 0 Å². The van der Waals surface area contributed by atoms with Gasteiger partial charge in [-0.3, -0.25) is 20.3 Å². The summed E-state index contributed by atoms with van der Waals surface area (Å²) in [7, 11) is 0. The largest absolute Gasteiger partial charge is 0.508 e. The maximum atomic E-state index is 11.4. The number of nitrogens with zero attached hydrogens (tertiary/aromatic N) is 3. The molecule has 1 aromatic carbocycles. The van der Waals surface area contributed by atoms with E-state index < -0.39 is 4.92 Å².